The van der Waals surface area contributed by atoms with E-state index >= 15 is 0 Å². The van der Waals surface area contributed by atoms with E-state index in [9.17, 15) is 8.78 Å². The van der Waals surface area contributed by atoms with Crippen molar-refractivity contribution < 1.29 is 8.78 Å². The van der Waals surface area contributed by atoms with E-state index < -0.39 is 11.6 Å². The van der Waals surface area contributed by atoms with Gasteiger partial charge in [-0.3, -0.25) is 0 Å². The quantitative estimate of drug-likeness (QED) is 0.638. The Balaban J connectivity index is 1.82. The molecule has 0 nitrogen and oxygen atoms in total. The predicted octanol–water partition coefficient (Wildman–Crippen LogP) is 5.81. The summed E-state index contributed by atoms with van der Waals surface area (Å²) in [5.74, 6) is 0.847. The highest BCUT2D eigenvalue weighted by Crippen LogP contribution is 2.33. The minimum Gasteiger partial charge on any atom is -0.207 e. The molecular formula is C18H26F2. The van der Waals surface area contributed by atoms with Crippen molar-refractivity contribution >= 4 is 0 Å². The zero-order valence-corrected chi connectivity index (χ0v) is 12.7. The molecule has 0 heterocycles. The van der Waals surface area contributed by atoms with Gasteiger partial charge in [-0.1, -0.05) is 45.4 Å². The molecule has 0 radical (unpaired) electrons. The molecule has 112 valence electrons. The lowest BCUT2D eigenvalue weighted by Gasteiger charge is -2.28. The molecule has 1 aromatic rings. The largest absolute Gasteiger partial charge is 0.207 e. The van der Waals surface area contributed by atoms with Crippen molar-refractivity contribution in [3.05, 3.63) is 34.9 Å². The monoisotopic (exact) mass is 280 g/mol. The van der Waals surface area contributed by atoms with Crippen molar-refractivity contribution in [1.29, 1.82) is 0 Å². The van der Waals surface area contributed by atoms with Gasteiger partial charge in [-0.15, -0.1) is 0 Å². The lowest BCUT2D eigenvalue weighted by Crippen LogP contribution is -2.15. The maximum atomic E-state index is 13.5. The van der Waals surface area contributed by atoms with Crippen LogP contribution in [-0.2, 0) is 6.42 Å². The molecule has 0 saturated heterocycles. The fourth-order valence-corrected chi connectivity index (χ4v) is 3.43. The number of rotatable bonds is 5. The number of benzene rings is 1. The Morgan fingerprint density at radius 2 is 1.45 bits per heavy atom. The molecule has 0 bridgehead atoms. The molecule has 0 aromatic heterocycles. The first-order chi connectivity index (χ1) is 9.60. The van der Waals surface area contributed by atoms with Gasteiger partial charge in [0.15, 0.2) is 0 Å². The Bertz CT molecular complexity index is 408. The van der Waals surface area contributed by atoms with Gasteiger partial charge < -0.3 is 0 Å². The first-order valence-electron chi connectivity index (χ1n) is 8.04. The van der Waals surface area contributed by atoms with Gasteiger partial charge in [-0.2, -0.15) is 0 Å². The van der Waals surface area contributed by atoms with E-state index in [1.54, 1.807) is 0 Å². The van der Waals surface area contributed by atoms with Crippen molar-refractivity contribution in [3.63, 3.8) is 0 Å². The lowest BCUT2D eigenvalue weighted by molar-refractivity contribution is 0.252. The molecule has 20 heavy (non-hydrogen) atoms. The molecular weight excluding hydrogens is 254 g/mol. The molecule has 2 heteroatoms. The van der Waals surface area contributed by atoms with Crippen LogP contribution in [0.2, 0.25) is 0 Å². The van der Waals surface area contributed by atoms with Gasteiger partial charge in [0.05, 0.1) is 0 Å². The summed E-state index contributed by atoms with van der Waals surface area (Å²) in [6.07, 6.45) is 9.80. The molecule has 1 aromatic carbocycles. The van der Waals surface area contributed by atoms with E-state index in [0.717, 1.165) is 30.2 Å². The zero-order chi connectivity index (χ0) is 14.5. The zero-order valence-electron chi connectivity index (χ0n) is 12.7. The fourth-order valence-electron chi connectivity index (χ4n) is 3.43. The Hall–Kier alpha value is -0.920. The second kappa shape index (κ2) is 7.19. The number of hydrogen-bond donors (Lipinski definition) is 0. The second-order valence-electron chi connectivity index (χ2n) is 6.40. The predicted molar refractivity (Wildman–Crippen MR) is 79.8 cm³/mol. The van der Waals surface area contributed by atoms with E-state index in [2.05, 4.69) is 6.92 Å². The van der Waals surface area contributed by atoms with Crippen LogP contribution in [0.15, 0.2) is 12.1 Å². The number of hydrogen-bond acceptors (Lipinski definition) is 0. The summed E-state index contributed by atoms with van der Waals surface area (Å²) in [5.41, 5.74) is 0.940. The molecule has 0 unspecified atom stereocenters. The highest BCUT2D eigenvalue weighted by molar-refractivity contribution is 5.25. The van der Waals surface area contributed by atoms with E-state index in [1.165, 1.54) is 57.6 Å². The maximum Gasteiger partial charge on any atom is 0.129 e. The summed E-state index contributed by atoms with van der Waals surface area (Å²) < 4.78 is 27.0. The summed E-state index contributed by atoms with van der Waals surface area (Å²) in [7, 11) is 0. The van der Waals surface area contributed by atoms with Crippen LogP contribution in [0.5, 0.6) is 0 Å². The summed E-state index contributed by atoms with van der Waals surface area (Å²) in [5, 5.41) is 0. The van der Waals surface area contributed by atoms with Crippen LogP contribution >= 0.6 is 0 Å². The van der Waals surface area contributed by atoms with Crippen LogP contribution < -0.4 is 0 Å². The van der Waals surface area contributed by atoms with E-state index in [-0.39, 0.29) is 5.56 Å². The molecule has 1 saturated carbocycles. The van der Waals surface area contributed by atoms with Crippen molar-refractivity contribution in [2.24, 2.45) is 11.8 Å². The van der Waals surface area contributed by atoms with Gasteiger partial charge in [-0.25, -0.2) is 8.78 Å². The van der Waals surface area contributed by atoms with Gasteiger partial charge in [0, 0.05) is 5.56 Å². The van der Waals surface area contributed by atoms with Crippen molar-refractivity contribution in [2.45, 2.75) is 65.2 Å². The third-order valence-electron chi connectivity index (χ3n) is 4.85. The van der Waals surface area contributed by atoms with Crippen LogP contribution in [-0.4, -0.2) is 0 Å². The normalized spacial score (nSPS) is 23.0. The van der Waals surface area contributed by atoms with Gasteiger partial charge in [0.1, 0.15) is 11.6 Å². The van der Waals surface area contributed by atoms with Crippen LogP contribution in [0.25, 0.3) is 0 Å². The van der Waals surface area contributed by atoms with E-state index in [4.69, 9.17) is 0 Å². The standard InChI is InChI=1S/C18H26F2/c1-3-4-14-5-7-15(8-6-14)9-10-16-11-17(19)13(2)18(20)12-16/h11-12,14-15H,3-10H2,1-2H3. The molecule has 0 atom stereocenters. The van der Waals surface area contributed by atoms with Gasteiger partial charge in [0.2, 0.25) is 0 Å². The van der Waals surface area contributed by atoms with Crippen LogP contribution in [0.3, 0.4) is 0 Å². The summed E-state index contributed by atoms with van der Waals surface area (Å²) >= 11 is 0. The van der Waals surface area contributed by atoms with Crippen LogP contribution in [0.4, 0.5) is 8.78 Å². The number of aryl methyl sites for hydroxylation is 1. The average molecular weight is 280 g/mol. The fraction of sp³-hybridized carbons (Fsp3) is 0.667. The van der Waals surface area contributed by atoms with Gasteiger partial charge in [-0.05, 0) is 49.3 Å². The van der Waals surface area contributed by atoms with Gasteiger partial charge in [0.25, 0.3) is 0 Å². The van der Waals surface area contributed by atoms with Crippen molar-refractivity contribution in [2.75, 3.05) is 0 Å². The molecule has 1 aliphatic rings. The van der Waals surface area contributed by atoms with Gasteiger partial charge >= 0.3 is 0 Å². The summed E-state index contributed by atoms with van der Waals surface area (Å²) in [6.45, 7) is 3.75. The Labute approximate surface area is 121 Å². The second-order valence-corrected chi connectivity index (χ2v) is 6.40. The Kier molecular flexibility index (Phi) is 5.56. The topological polar surface area (TPSA) is 0 Å². The highest BCUT2D eigenvalue weighted by atomic mass is 19.1. The van der Waals surface area contributed by atoms with Crippen molar-refractivity contribution in [3.8, 4) is 0 Å². The molecule has 2 rings (SSSR count). The molecule has 0 amide bonds. The van der Waals surface area contributed by atoms with E-state index in [0.29, 0.717) is 0 Å². The van der Waals surface area contributed by atoms with Crippen LogP contribution in [0, 0.1) is 30.4 Å². The molecule has 1 fully saturated rings. The molecule has 0 spiro atoms. The third-order valence-corrected chi connectivity index (χ3v) is 4.85. The first-order valence-corrected chi connectivity index (χ1v) is 8.04. The lowest BCUT2D eigenvalue weighted by atomic mass is 9.78. The van der Waals surface area contributed by atoms with Crippen molar-refractivity contribution in [1.82, 2.24) is 0 Å². The third kappa shape index (κ3) is 4.04. The van der Waals surface area contributed by atoms with Crippen LogP contribution in [0.1, 0.15) is 63.0 Å². The summed E-state index contributed by atoms with van der Waals surface area (Å²) in [4.78, 5) is 0. The molecule has 0 aliphatic heterocycles. The minimum atomic E-state index is -0.411. The Morgan fingerprint density at radius 1 is 0.950 bits per heavy atom. The summed E-state index contributed by atoms with van der Waals surface area (Å²) in [6, 6.07) is 3.00. The first kappa shape index (κ1) is 15.5. The smallest absolute Gasteiger partial charge is 0.129 e. The SMILES string of the molecule is CCCC1CCC(CCc2cc(F)c(C)c(F)c2)CC1. The molecule has 1 aliphatic carbocycles. The maximum absolute atomic E-state index is 13.5. The molecule has 0 N–H and O–H groups in total. The van der Waals surface area contributed by atoms with E-state index in [1.807, 2.05) is 0 Å². The number of halogens is 2. The Morgan fingerprint density at radius 3 is 1.95 bits per heavy atom. The average Bonchev–Trinajstić information content (AvgIpc) is 2.44. The minimum absolute atomic E-state index is 0.133. The highest BCUT2D eigenvalue weighted by Gasteiger charge is 2.20.